The zero-order valence-corrected chi connectivity index (χ0v) is 18.0. The van der Waals surface area contributed by atoms with Crippen molar-refractivity contribution in [3.63, 3.8) is 0 Å². The van der Waals surface area contributed by atoms with Crippen LogP contribution in [0.2, 0.25) is 5.02 Å². The predicted molar refractivity (Wildman–Crippen MR) is 112 cm³/mol. The molecule has 2 aromatic carbocycles. The Morgan fingerprint density at radius 1 is 1.04 bits per heavy atom. The van der Waals surface area contributed by atoms with E-state index >= 15 is 0 Å². The molecule has 2 aromatic rings. The Labute approximate surface area is 177 Å². The topological polar surface area (TPSA) is 76.7 Å². The van der Waals surface area contributed by atoms with E-state index in [0.29, 0.717) is 22.4 Å². The van der Waals surface area contributed by atoms with Crippen molar-refractivity contribution in [2.24, 2.45) is 0 Å². The van der Waals surface area contributed by atoms with Gasteiger partial charge in [-0.05, 0) is 42.2 Å². The van der Waals surface area contributed by atoms with E-state index < -0.39 is 11.8 Å². The van der Waals surface area contributed by atoms with Gasteiger partial charge in [-0.15, -0.1) is 0 Å². The standard InChI is InChI=1S/C20H22BrClN2O4/c1-3-13(2)15-6-4-5-7-17(15)27-11-19(25)23-24-20(26)12-28-18-9-8-14(21)10-16(18)22/h4-10,13H,3,11-12H2,1-2H3,(H,23,25)(H,24,26). The SMILES string of the molecule is CCC(C)c1ccccc1OCC(=O)NNC(=O)COc1ccc(Br)cc1Cl. The third-order valence-corrected chi connectivity index (χ3v) is 4.80. The van der Waals surface area contributed by atoms with E-state index in [1.807, 2.05) is 24.3 Å². The zero-order valence-electron chi connectivity index (χ0n) is 15.6. The maximum absolute atomic E-state index is 11.9. The molecule has 1 unspecified atom stereocenters. The van der Waals surface area contributed by atoms with Gasteiger partial charge >= 0.3 is 0 Å². The maximum atomic E-state index is 11.9. The Bertz CT molecular complexity index is 832. The number of para-hydroxylation sites is 1. The van der Waals surface area contributed by atoms with Crippen LogP contribution in [-0.2, 0) is 9.59 Å². The van der Waals surface area contributed by atoms with Crippen molar-refractivity contribution in [1.29, 1.82) is 0 Å². The molecular weight excluding hydrogens is 448 g/mol. The second kappa shape index (κ2) is 10.9. The number of hydrogen-bond donors (Lipinski definition) is 2. The van der Waals surface area contributed by atoms with Crippen LogP contribution in [0.3, 0.4) is 0 Å². The Hall–Kier alpha value is -2.25. The lowest BCUT2D eigenvalue weighted by Crippen LogP contribution is -2.45. The molecule has 6 nitrogen and oxygen atoms in total. The summed E-state index contributed by atoms with van der Waals surface area (Å²) < 4.78 is 11.7. The summed E-state index contributed by atoms with van der Waals surface area (Å²) in [7, 11) is 0. The molecule has 2 N–H and O–H groups in total. The van der Waals surface area contributed by atoms with Crippen LogP contribution in [0.5, 0.6) is 11.5 Å². The summed E-state index contributed by atoms with van der Waals surface area (Å²) in [6, 6.07) is 12.6. The molecule has 2 rings (SSSR count). The first-order valence-corrected chi connectivity index (χ1v) is 9.95. The summed E-state index contributed by atoms with van der Waals surface area (Å²) in [6.07, 6.45) is 0.963. The van der Waals surface area contributed by atoms with E-state index in [2.05, 4.69) is 40.6 Å². The zero-order chi connectivity index (χ0) is 20.5. The first kappa shape index (κ1) is 22.0. The normalized spacial score (nSPS) is 11.4. The van der Waals surface area contributed by atoms with Crippen molar-refractivity contribution >= 4 is 39.3 Å². The van der Waals surface area contributed by atoms with Gasteiger partial charge in [-0.1, -0.05) is 59.6 Å². The first-order chi connectivity index (χ1) is 13.4. The molecule has 0 aliphatic rings. The van der Waals surface area contributed by atoms with Crippen LogP contribution in [0.25, 0.3) is 0 Å². The van der Waals surface area contributed by atoms with Crippen LogP contribution < -0.4 is 20.3 Å². The van der Waals surface area contributed by atoms with Gasteiger partial charge in [-0.25, -0.2) is 0 Å². The van der Waals surface area contributed by atoms with E-state index in [4.69, 9.17) is 21.1 Å². The summed E-state index contributed by atoms with van der Waals surface area (Å²) in [6.45, 7) is 3.68. The van der Waals surface area contributed by atoms with Gasteiger partial charge in [0, 0.05) is 4.47 Å². The lowest BCUT2D eigenvalue weighted by atomic mass is 9.98. The fourth-order valence-corrected chi connectivity index (χ4v) is 3.06. The lowest BCUT2D eigenvalue weighted by Gasteiger charge is -2.15. The van der Waals surface area contributed by atoms with Gasteiger partial charge in [0.05, 0.1) is 5.02 Å². The Morgan fingerprint density at radius 2 is 1.64 bits per heavy atom. The summed E-state index contributed by atoms with van der Waals surface area (Å²) in [5.41, 5.74) is 5.61. The largest absolute Gasteiger partial charge is 0.483 e. The van der Waals surface area contributed by atoms with Crippen LogP contribution in [0.4, 0.5) is 0 Å². The lowest BCUT2D eigenvalue weighted by molar-refractivity contribution is -0.131. The second-order valence-corrected chi connectivity index (χ2v) is 7.42. The molecule has 0 aliphatic heterocycles. The minimum absolute atomic E-state index is 0.215. The highest BCUT2D eigenvalue weighted by molar-refractivity contribution is 9.10. The number of carbonyl (C=O) groups is 2. The van der Waals surface area contributed by atoms with Crippen molar-refractivity contribution in [2.75, 3.05) is 13.2 Å². The second-order valence-electron chi connectivity index (χ2n) is 6.10. The number of hydrogen-bond acceptors (Lipinski definition) is 4. The number of benzene rings is 2. The molecule has 150 valence electrons. The number of ether oxygens (including phenoxy) is 2. The molecule has 0 saturated carbocycles. The summed E-state index contributed by atoms with van der Waals surface area (Å²) in [4.78, 5) is 23.7. The van der Waals surface area contributed by atoms with Gasteiger partial charge < -0.3 is 9.47 Å². The molecule has 0 saturated heterocycles. The molecule has 1 atom stereocenters. The van der Waals surface area contributed by atoms with Crippen LogP contribution in [-0.4, -0.2) is 25.0 Å². The molecule has 2 amide bonds. The van der Waals surface area contributed by atoms with Crippen molar-refractivity contribution in [3.8, 4) is 11.5 Å². The monoisotopic (exact) mass is 468 g/mol. The average Bonchev–Trinajstić information content (AvgIpc) is 2.69. The van der Waals surface area contributed by atoms with E-state index in [0.717, 1.165) is 16.5 Å². The number of amides is 2. The highest BCUT2D eigenvalue weighted by Gasteiger charge is 2.12. The molecule has 0 radical (unpaired) electrons. The molecule has 0 fully saturated rings. The van der Waals surface area contributed by atoms with Crippen LogP contribution >= 0.6 is 27.5 Å². The van der Waals surface area contributed by atoms with Crippen molar-refractivity contribution in [3.05, 3.63) is 57.5 Å². The smallest absolute Gasteiger partial charge is 0.276 e. The summed E-state index contributed by atoms with van der Waals surface area (Å²) >= 11 is 9.30. The fraction of sp³-hybridized carbons (Fsp3) is 0.300. The van der Waals surface area contributed by atoms with Crippen LogP contribution in [0.1, 0.15) is 31.7 Å². The van der Waals surface area contributed by atoms with Crippen molar-refractivity contribution in [1.82, 2.24) is 10.9 Å². The molecule has 0 bridgehead atoms. The van der Waals surface area contributed by atoms with Crippen molar-refractivity contribution in [2.45, 2.75) is 26.2 Å². The van der Waals surface area contributed by atoms with E-state index in [1.165, 1.54) is 0 Å². The van der Waals surface area contributed by atoms with Gasteiger partial charge in [-0.3, -0.25) is 20.4 Å². The number of hydrazine groups is 1. The Balaban J connectivity index is 1.76. The van der Waals surface area contributed by atoms with E-state index in [-0.39, 0.29) is 13.2 Å². The molecule has 8 heteroatoms. The highest BCUT2D eigenvalue weighted by Crippen LogP contribution is 2.28. The summed E-state index contributed by atoms with van der Waals surface area (Å²) in [5.74, 6) is 0.353. The van der Waals surface area contributed by atoms with E-state index in [1.54, 1.807) is 18.2 Å². The van der Waals surface area contributed by atoms with Gasteiger partial charge in [0.1, 0.15) is 11.5 Å². The minimum Gasteiger partial charge on any atom is -0.483 e. The Kier molecular flexibility index (Phi) is 8.60. The van der Waals surface area contributed by atoms with Crippen LogP contribution in [0, 0.1) is 0 Å². The number of carbonyl (C=O) groups excluding carboxylic acids is 2. The fourth-order valence-electron chi connectivity index (χ4n) is 2.33. The van der Waals surface area contributed by atoms with E-state index in [9.17, 15) is 9.59 Å². The molecule has 28 heavy (non-hydrogen) atoms. The number of nitrogens with one attached hydrogen (secondary N) is 2. The number of halogens is 2. The Morgan fingerprint density at radius 3 is 2.25 bits per heavy atom. The van der Waals surface area contributed by atoms with Gasteiger partial charge in [0.25, 0.3) is 11.8 Å². The average molecular weight is 470 g/mol. The molecule has 0 spiro atoms. The maximum Gasteiger partial charge on any atom is 0.276 e. The highest BCUT2D eigenvalue weighted by atomic mass is 79.9. The van der Waals surface area contributed by atoms with Gasteiger partial charge in [0.2, 0.25) is 0 Å². The number of rotatable bonds is 8. The third-order valence-electron chi connectivity index (χ3n) is 4.02. The molecule has 0 aromatic heterocycles. The minimum atomic E-state index is -0.521. The predicted octanol–water partition coefficient (Wildman–Crippen LogP) is 4.22. The van der Waals surface area contributed by atoms with Gasteiger partial charge in [-0.2, -0.15) is 0 Å². The summed E-state index contributed by atoms with van der Waals surface area (Å²) in [5, 5.41) is 0.375. The quantitative estimate of drug-likeness (QED) is 0.568. The molecule has 0 heterocycles. The third kappa shape index (κ3) is 6.73. The van der Waals surface area contributed by atoms with Gasteiger partial charge in [0.15, 0.2) is 13.2 Å². The molecular formula is C20H22BrClN2O4. The molecule has 0 aliphatic carbocycles. The van der Waals surface area contributed by atoms with Crippen LogP contribution in [0.15, 0.2) is 46.9 Å². The van der Waals surface area contributed by atoms with Crippen molar-refractivity contribution < 1.29 is 19.1 Å². The first-order valence-electron chi connectivity index (χ1n) is 8.78.